The van der Waals surface area contributed by atoms with E-state index >= 15 is 0 Å². The maximum Gasteiger partial charge on any atom is 0.0543 e. The molecule has 1 aromatic rings. The van der Waals surface area contributed by atoms with Gasteiger partial charge in [0.1, 0.15) is 0 Å². The number of hydrogen-bond donors (Lipinski definition) is 1. The highest BCUT2D eigenvalue weighted by Gasteiger charge is 2.13. The minimum Gasteiger partial charge on any atom is -0.315 e. The van der Waals surface area contributed by atoms with E-state index < -0.39 is 0 Å². The lowest BCUT2D eigenvalue weighted by Crippen LogP contribution is -2.40. The number of likely N-dealkylation sites (N-methyl/N-ethyl adjacent to an activating group) is 1. The van der Waals surface area contributed by atoms with E-state index in [4.69, 9.17) is 0 Å². The van der Waals surface area contributed by atoms with Crippen LogP contribution in [-0.2, 0) is 6.54 Å². The molecule has 0 aliphatic carbocycles. The average Bonchev–Trinajstić information content (AvgIpc) is 2.39. The molecule has 3 heteroatoms. The maximum absolute atomic E-state index is 4.40. The molecule has 3 nitrogen and oxygen atoms in total. The molecule has 1 aromatic heterocycles. The molecule has 1 rings (SSSR count). The van der Waals surface area contributed by atoms with E-state index in [1.54, 1.807) is 0 Å². The molecule has 1 heterocycles. The highest BCUT2D eigenvalue weighted by molar-refractivity contribution is 5.03. The summed E-state index contributed by atoms with van der Waals surface area (Å²) in [6.45, 7) is 7.57. The molecule has 0 amide bonds. The van der Waals surface area contributed by atoms with Crippen molar-refractivity contribution < 1.29 is 0 Å². The summed E-state index contributed by atoms with van der Waals surface area (Å²) in [4.78, 5) is 6.81. The normalized spacial score (nSPS) is 12.9. The first kappa shape index (κ1) is 15.1. The van der Waals surface area contributed by atoms with Gasteiger partial charge in [-0.3, -0.25) is 9.88 Å². The summed E-state index contributed by atoms with van der Waals surface area (Å²) in [6, 6.07) is 6.72. The second-order valence-corrected chi connectivity index (χ2v) is 4.88. The Kier molecular flexibility index (Phi) is 7.62. The van der Waals surface area contributed by atoms with Crippen molar-refractivity contribution >= 4 is 0 Å². The summed E-state index contributed by atoms with van der Waals surface area (Å²) in [5.41, 5.74) is 1.15. The van der Waals surface area contributed by atoms with Crippen LogP contribution < -0.4 is 5.32 Å². The Balaban J connectivity index is 2.45. The quantitative estimate of drug-likeness (QED) is 0.682. The van der Waals surface area contributed by atoms with Gasteiger partial charge in [-0.25, -0.2) is 0 Å². The molecule has 0 fully saturated rings. The number of aromatic nitrogens is 1. The molecule has 102 valence electrons. The van der Waals surface area contributed by atoms with E-state index in [0.717, 1.165) is 25.3 Å². The van der Waals surface area contributed by atoms with Gasteiger partial charge in [-0.05, 0) is 38.6 Å². The Morgan fingerprint density at radius 2 is 2.11 bits per heavy atom. The van der Waals surface area contributed by atoms with Gasteiger partial charge in [0.05, 0.1) is 5.69 Å². The van der Waals surface area contributed by atoms with Crippen LogP contribution in [0.5, 0.6) is 0 Å². The zero-order valence-corrected chi connectivity index (χ0v) is 12.0. The number of rotatable bonds is 9. The van der Waals surface area contributed by atoms with E-state index in [1.165, 1.54) is 19.3 Å². The molecule has 0 saturated heterocycles. The number of pyridine rings is 1. The topological polar surface area (TPSA) is 28.2 Å². The highest BCUT2D eigenvalue weighted by Crippen LogP contribution is 2.08. The lowest BCUT2D eigenvalue weighted by Gasteiger charge is -2.28. The smallest absolute Gasteiger partial charge is 0.0543 e. The van der Waals surface area contributed by atoms with E-state index in [2.05, 4.69) is 48.2 Å². The van der Waals surface area contributed by atoms with Crippen LogP contribution in [0.1, 0.15) is 38.8 Å². The minimum absolute atomic E-state index is 0.601. The fraction of sp³-hybridized carbons (Fsp3) is 0.667. The van der Waals surface area contributed by atoms with Crippen molar-refractivity contribution in [1.82, 2.24) is 15.2 Å². The third-order valence-corrected chi connectivity index (χ3v) is 3.19. The van der Waals surface area contributed by atoms with Gasteiger partial charge in [-0.1, -0.05) is 26.3 Å². The van der Waals surface area contributed by atoms with Gasteiger partial charge in [-0.15, -0.1) is 0 Å². The lowest BCUT2D eigenvalue weighted by atomic mass is 10.1. The first-order valence-electron chi connectivity index (χ1n) is 7.08. The molecule has 0 aliphatic heterocycles. The Bertz CT molecular complexity index is 300. The minimum atomic E-state index is 0.601. The van der Waals surface area contributed by atoms with Gasteiger partial charge < -0.3 is 5.32 Å². The number of nitrogens with zero attached hydrogens (tertiary/aromatic N) is 2. The second-order valence-electron chi connectivity index (χ2n) is 4.88. The molecular weight excluding hydrogens is 222 g/mol. The molecule has 0 aliphatic rings. The molecule has 0 saturated carbocycles. The molecule has 1 N–H and O–H groups in total. The average molecular weight is 249 g/mol. The van der Waals surface area contributed by atoms with Crippen LogP contribution in [0.2, 0.25) is 0 Å². The molecule has 0 spiro atoms. The van der Waals surface area contributed by atoms with E-state index in [0.29, 0.717) is 6.04 Å². The van der Waals surface area contributed by atoms with Crippen molar-refractivity contribution in [2.24, 2.45) is 0 Å². The largest absolute Gasteiger partial charge is 0.315 e. The second kappa shape index (κ2) is 9.06. The predicted octanol–water partition coefficient (Wildman–Crippen LogP) is 2.68. The summed E-state index contributed by atoms with van der Waals surface area (Å²) in [5, 5.41) is 3.52. The Morgan fingerprint density at radius 1 is 1.28 bits per heavy atom. The van der Waals surface area contributed by atoms with Crippen molar-refractivity contribution in [2.75, 3.05) is 20.1 Å². The first-order valence-corrected chi connectivity index (χ1v) is 7.08. The molecule has 0 aromatic carbocycles. The maximum atomic E-state index is 4.40. The molecule has 1 atom stereocenters. The zero-order chi connectivity index (χ0) is 13.2. The number of nitrogens with one attached hydrogen (secondary N) is 1. The van der Waals surface area contributed by atoms with E-state index in [9.17, 15) is 0 Å². The fourth-order valence-electron chi connectivity index (χ4n) is 2.13. The monoisotopic (exact) mass is 249 g/mol. The molecular formula is C15H27N3. The highest BCUT2D eigenvalue weighted by atomic mass is 15.2. The van der Waals surface area contributed by atoms with Crippen LogP contribution in [0, 0.1) is 0 Å². The van der Waals surface area contributed by atoms with Crippen LogP contribution >= 0.6 is 0 Å². The van der Waals surface area contributed by atoms with E-state index in [-0.39, 0.29) is 0 Å². The van der Waals surface area contributed by atoms with Gasteiger partial charge in [0.2, 0.25) is 0 Å². The van der Waals surface area contributed by atoms with Gasteiger partial charge in [0, 0.05) is 25.3 Å². The van der Waals surface area contributed by atoms with Crippen molar-refractivity contribution in [3.8, 4) is 0 Å². The van der Waals surface area contributed by atoms with Crippen molar-refractivity contribution in [1.29, 1.82) is 0 Å². The molecule has 0 bridgehead atoms. The lowest BCUT2D eigenvalue weighted by molar-refractivity contribution is 0.213. The van der Waals surface area contributed by atoms with Crippen LogP contribution in [0.3, 0.4) is 0 Å². The van der Waals surface area contributed by atoms with Crippen molar-refractivity contribution in [3.05, 3.63) is 30.1 Å². The van der Waals surface area contributed by atoms with Crippen LogP contribution in [0.25, 0.3) is 0 Å². The predicted molar refractivity (Wildman–Crippen MR) is 77.6 cm³/mol. The Morgan fingerprint density at radius 3 is 2.72 bits per heavy atom. The SMILES string of the molecule is CCCNCC(CCC)N(C)Cc1ccccn1. The van der Waals surface area contributed by atoms with Crippen molar-refractivity contribution in [3.63, 3.8) is 0 Å². The first-order chi connectivity index (χ1) is 8.77. The Labute approximate surface area is 112 Å². The van der Waals surface area contributed by atoms with E-state index in [1.807, 2.05) is 12.3 Å². The standard InChI is InChI=1S/C15H27N3/c1-4-8-15(12-16-10-5-2)18(3)13-14-9-6-7-11-17-14/h6-7,9,11,15-16H,4-5,8,10,12-13H2,1-3H3. The molecule has 18 heavy (non-hydrogen) atoms. The molecule has 1 unspecified atom stereocenters. The summed E-state index contributed by atoms with van der Waals surface area (Å²) < 4.78 is 0. The molecule has 0 radical (unpaired) electrons. The van der Waals surface area contributed by atoms with Crippen LogP contribution in [0.4, 0.5) is 0 Å². The number of hydrogen-bond acceptors (Lipinski definition) is 3. The summed E-state index contributed by atoms with van der Waals surface area (Å²) in [6.07, 6.45) is 5.53. The summed E-state index contributed by atoms with van der Waals surface area (Å²) in [5.74, 6) is 0. The van der Waals surface area contributed by atoms with Crippen molar-refractivity contribution in [2.45, 2.75) is 45.7 Å². The fourth-order valence-corrected chi connectivity index (χ4v) is 2.13. The van der Waals surface area contributed by atoms with Gasteiger partial charge in [0.25, 0.3) is 0 Å². The summed E-state index contributed by atoms with van der Waals surface area (Å²) >= 11 is 0. The summed E-state index contributed by atoms with van der Waals surface area (Å²) in [7, 11) is 2.20. The zero-order valence-electron chi connectivity index (χ0n) is 12.0. The van der Waals surface area contributed by atoms with Gasteiger partial charge in [0.15, 0.2) is 0 Å². The van der Waals surface area contributed by atoms with Gasteiger partial charge >= 0.3 is 0 Å². The third kappa shape index (κ3) is 5.61. The van der Waals surface area contributed by atoms with Gasteiger partial charge in [-0.2, -0.15) is 0 Å². The van der Waals surface area contributed by atoms with Crippen LogP contribution in [0.15, 0.2) is 24.4 Å². The Hall–Kier alpha value is -0.930. The van der Waals surface area contributed by atoms with Crippen LogP contribution in [-0.4, -0.2) is 36.1 Å². The third-order valence-electron chi connectivity index (χ3n) is 3.19.